The van der Waals surface area contributed by atoms with Gasteiger partial charge in [0.15, 0.2) is 0 Å². The molecule has 0 radical (unpaired) electrons. The zero-order chi connectivity index (χ0) is 14.5. The van der Waals surface area contributed by atoms with Crippen LogP contribution in [-0.4, -0.2) is 16.1 Å². The zero-order valence-electron chi connectivity index (χ0n) is 11.7. The quantitative estimate of drug-likeness (QED) is 0.855. The predicted molar refractivity (Wildman–Crippen MR) is 78.7 cm³/mol. The summed E-state index contributed by atoms with van der Waals surface area (Å²) in [6.07, 6.45) is 0. The van der Waals surface area contributed by atoms with Crippen LogP contribution in [0.3, 0.4) is 0 Å². The molecule has 20 heavy (non-hydrogen) atoms. The van der Waals surface area contributed by atoms with Crippen LogP contribution in [0.5, 0.6) is 0 Å². The van der Waals surface area contributed by atoms with Crippen LogP contribution < -0.4 is 5.32 Å². The molecule has 2 rings (SSSR count). The lowest BCUT2D eigenvalue weighted by atomic mass is 10.2. The van der Waals surface area contributed by atoms with Crippen molar-refractivity contribution in [1.82, 2.24) is 10.2 Å². The molecule has 0 spiro atoms. The fourth-order valence-corrected chi connectivity index (χ4v) is 2.28. The van der Waals surface area contributed by atoms with Crippen molar-refractivity contribution in [2.45, 2.75) is 37.3 Å². The third-order valence-corrected chi connectivity index (χ3v) is 3.51. The molecule has 0 unspecified atom stereocenters. The number of hydrogen-bond donors (Lipinski definition) is 1. The van der Waals surface area contributed by atoms with E-state index in [0.29, 0.717) is 17.5 Å². The first-order chi connectivity index (χ1) is 9.54. The van der Waals surface area contributed by atoms with Crippen LogP contribution in [0.2, 0.25) is 0 Å². The van der Waals surface area contributed by atoms with Crippen molar-refractivity contribution in [3.63, 3.8) is 0 Å². The second-order valence-electron chi connectivity index (χ2n) is 4.68. The molecule has 1 N–H and O–H groups in total. The van der Waals surface area contributed by atoms with Gasteiger partial charge in [0.2, 0.25) is 17.7 Å². The summed E-state index contributed by atoms with van der Waals surface area (Å²) < 4.78 is 5.54. The number of rotatable bonds is 5. The molecule has 106 valence electrons. The molecule has 5 nitrogen and oxygen atoms in total. The number of hydrogen-bond acceptors (Lipinski definition) is 5. The van der Waals surface area contributed by atoms with Crippen LogP contribution in [-0.2, 0) is 10.5 Å². The maximum atomic E-state index is 10.9. The van der Waals surface area contributed by atoms with Gasteiger partial charge in [0, 0.05) is 23.4 Å². The van der Waals surface area contributed by atoms with Gasteiger partial charge >= 0.3 is 0 Å². The Morgan fingerprint density at radius 3 is 2.55 bits per heavy atom. The van der Waals surface area contributed by atoms with Gasteiger partial charge in [-0.1, -0.05) is 13.8 Å². The highest BCUT2D eigenvalue weighted by Crippen LogP contribution is 2.24. The molecule has 0 atom stereocenters. The second kappa shape index (κ2) is 6.56. The van der Waals surface area contributed by atoms with Crippen molar-refractivity contribution in [3.05, 3.63) is 36.0 Å². The van der Waals surface area contributed by atoms with Gasteiger partial charge in [-0.05, 0) is 24.3 Å². The van der Waals surface area contributed by atoms with Gasteiger partial charge in [-0.25, -0.2) is 0 Å². The van der Waals surface area contributed by atoms with Crippen LogP contribution in [0.15, 0.2) is 33.6 Å². The first-order valence-electron chi connectivity index (χ1n) is 6.37. The summed E-state index contributed by atoms with van der Waals surface area (Å²) in [4.78, 5) is 12.0. The molecule has 2 aromatic rings. The minimum absolute atomic E-state index is 0.0718. The topological polar surface area (TPSA) is 68.0 Å². The number of anilines is 1. The van der Waals surface area contributed by atoms with E-state index >= 15 is 0 Å². The average molecular weight is 291 g/mol. The number of aromatic nitrogens is 2. The molecular formula is C14H17N3O2S. The smallest absolute Gasteiger partial charge is 0.226 e. The SMILES string of the molecule is CC(=O)Nc1ccc(SCc2nnc(C(C)C)o2)cc1. The van der Waals surface area contributed by atoms with Gasteiger partial charge in [-0.3, -0.25) is 4.79 Å². The van der Waals surface area contributed by atoms with E-state index in [-0.39, 0.29) is 11.8 Å². The Morgan fingerprint density at radius 2 is 2.00 bits per heavy atom. The number of thioether (sulfide) groups is 1. The molecule has 0 saturated heterocycles. The highest BCUT2D eigenvalue weighted by Gasteiger charge is 2.09. The first kappa shape index (κ1) is 14.6. The van der Waals surface area contributed by atoms with E-state index in [1.807, 2.05) is 38.1 Å². The molecule has 0 bridgehead atoms. The first-order valence-corrected chi connectivity index (χ1v) is 7.36. The number of carbonyl (C=O) groups is 1. The van der Waals surface area contributed by atoms with Crippen LogP contribution in [0, 0.1) is 0 Å². The summed E-state index contributed by atoms with van der Waals surface area (Å²) in [5.41, 5.74) is 0.793. The molecule has 0 fully saturated rings. The molecule has 0 saturated carbocycles. The Bertz CT molecular complexity index is 578. The molecule has 0 aliphatic carbocycles. The largest absolute Gasteiger partial charge is 0.424 e. The van der Waals surface area contributed by atoms with Gasteiger partial charge in [0.05, 0.1) is 5.75 Å². The molecular weight excluding hydrogens is 274 g/mol. The van der Waals surface area contributed by atoms with Crippen LogP contribution in [0.25, 0.3) is 0 Å². The van der Waals surface area contributed by atoms with Crippen molar-refractivity contribution in [2.75, 3.05) is 5.32 Å². The molecule has 6 heteroatoms. The maximum Gasteiger partial charge on any atom is 0.226 e. The average Bonchev–Trinajstić information content (AvgIpc) is 2.86. The fraction of sp³-hybridized carbons (Fsp3) is 0.357. The Kier molecular flexibility index (Phi) is 4.79. The molecule has 0 aliphatic heterocycles. The summed E-state index contributed by atoms with van der Waals surface area (Å²) in [5, 5.41) is 10.7. The van der Waals surface area contributed by atoms with Crippen molar-refractivity contribution in [3.8, 4) is 0 Å². The van der Waals surface area contributed by atoms with Gasteiger partial charge in [-0.2, -0.15) is 0 Å². The highest BCUT2D eigenvalue weighted by atomic mass is 32.2. The monoisotopic (exact) mass is 291 g/mol. The van der Waals surface area contributed by atoms with Gasteiger partial charge in [0.1, 0.15) is 0 Å². The molecule has 1 aromatic carbocycles. The summed E-state index contributed by atoms with van der Waals surface area (Å²) >= 11 is 1.62. The van der Waals surface area contributed by atoms with Gasteiger partial charge < -0.3 is 9.73 Å². The van der Waals surface area contributed by atoms with Crippen LogP contribution in [0.1, 0.15) is 38.5 Å². The van der Waals surface area contributed by atoms with Crippen molar-refractivity contribution in [1.29, 1.82) is 0 Å². The summed E-state index contributed by atoms with van der Waals surface area (Å²) in [5.74, 6) is 2.11. The Hall–Kier alpha value is -1.82. The minimum atomic E-state index is -0.0718. The van der Waals surface area contributed by atoms with Crippen LogP contribution >= 0.6 is 11.8 Å². The Balaban J connectivity index is 1.91. The second-order valence-corrected chi connectivity index (χ2v) is 5.73. The van der Waals surface area contributed by atoms with E-state index in [0.717, 1.165) is 10.6 Å². The fourth-order valence-electron chi connectivity index (χ4n) is 1.54. The molecule has 1 amide bonds. The van der Waals surface area contributed by atoms with E-state index in [1.165, 1.54) is 6.92 Å². The predicted octanol–water partition coefficient (Wildman–Crippen LogP) is 3.44. The zero-order valence-corrected chi connectivity index (χ0v) is 12.5. The Labute approximate surface area is 122 Å². The van der Waals surface area contributed by atoms with Crippen molar-refractivity contribution >= 4 is 23.4 Å². The van der Waals surface area contributed by atoms with E-state index < -0.39 is 0 Å². The number of nitrogens with zero attached hydrogens (tertiary/aromatic N) is 2. The van der Waals surface area contributed by atoms with Gasteiger partial charge in [0.25, 0.3) is 0 Å². The third-order valence-electron chi connectivity index (χ3n) is 2.51. The van der Waals surface area contributed by atoms with E-state index in [1.54, 1.807) is 11.8 Å². The third kappa shape index (κ3) is 4.09. The highest BCUT2D eigenvalue weighted by molar-refractivity contribution is 7.98. The number of amides is 1. The lowest BCUT2D eigenvalue weighted by molar-refractivity contribution is -0.114. The summed E-state index contributed by atoms with van der Waals surface area (Å²) in [6.45, 7) is 5.53. The lowest BCUT2D eigenvalue weighted by Crippen LogP contribution is -2.05. The number of carbonyl (C=O) groups excluding carboxylic acids is 1. The molecule has 1 heterocycles. The summed E-state index contributed by atoms with van der Waals surface area (Å²) in [6, 6.07) is 7.65. The van der Waals surface area contributed by atoms with Crippen LogP contribution in [0.4, 0.5) is 5.69 Å². The van der Waals surface area contributed by atoms with Crippen molar-refractivity contribution in [2.24, 2.45) is 0 Å². The standard InChI is InChI=1S/C14H17N3O2S/c1-9(2)14-17-16-13(19-14)8-20-12-6-4-11(5-7-12)15-10(3)18/h4-7,9H,8H2,1-3H3,(H,15,18). The van der Waals surface area contributed by atoms with E-state index in [2.05, 4.69) is 15.5 Å². The minimum Gasteiger partial charge on any atom is -0.424 e. The van der Waals surface area contributed by atoms with E-state index in [9.17, 15) is 4.79 Å². The van der Waals surface area contributed by atoms with E-state index in [4.69, 9.17) is 4.42 Å². The molecule has 1 aromatic heterocycles. The van der Waals surface area contributed by atoms with Gasteiger partial charge in [-0.15, -0.1) is 22.0 Å². The number of nitrogens with one attached hydrogen (secondary N) is 1. The molecule has 0 aliphatic rings. The Morgan fingerprint density at radius 1 is 1.30 bits per heavy atom. The normalized spacial score (nSPS) is 10.8. The summed E-state index contributed by atoms with van der Waals surface area (Å²) in [7, 11) is 0. The maximum absolute atomic E-state index is 10.9. The number of benzene rings is 1. The lowest BCUT2D eigenvalue weighted by Gasteiger charge is -2.03. The van der Waals surface area contributed by atoms with Crippen molar-refractivity contribution < 1.29 is 9.21 Å².